The lowest BCUT2D eigenvalue weighted by Crippen LogP contribution is -2.48. The number of carbonyl (C=O) groups is 1. The third kappa shape index (κ3) is 10.0. The van der Waals surface area contributed by atoms with Crippen molar-refractivity contribution >= 4 is 35.8 Å². The van der Waals surface area contributed by atoms with Crippen molar-refractivity contribution in [2.45, 2.75) is 39.3 Å². The van der Waals surface area contributed by atoms with Gasteiger partial charge in [-0.2, -0.15) is 0 Å². The van der Waals surface area contributed by atoms with Crippen LogP contribution < -0.4 is 20.1 Å². The van der Waals surface area contributed by atoms with E-state index in [2.05, 4.69) is 15.6 Å². The third-order valence-corrected chi connectivity index (χ3v) is 3.76. The molecular formula is C20H35IN4O4. The second-order valence-electron chi connectivity index (χ2n) is 7.51. The predicted molar refractivity (Wildman–Crippen MR) is 126 cm³/mol. The number of nitrogens with one attached hydrogen (secondary N) is 2. The highest BCUT2D eigenvalue weighted by Gasteiger charge is 2.17. The Bertz CT molecular complexity index is 655. The minimum atomic E-state index is -0.838. The lowest BCUT2D eigenvalue weighted by Gasteiger charge is -2.25. The average Bonchev–Trinajstić information content (AvgIpc) is 2.62. The van der Waals surface area contributed by atoms with Gasteiger partial charge in [0.1, 0.15) is 11.5 Å². The Balaban J connectivity index is 0.00000784. The van der Waals surface area contributed by atoms with Crippen LogP contribution in [0.3, 0.4) is 0 Å². The van der Waals surface area contributed by atoms with Gasteiger partial charge in [0, 0.05) is 25.2 Å². The summed E-state index contributed by atoms with van der Waals surface area (Å²) in [5, 5.41) is 16.6. The maximum atomic E-state index is 12.2. The van der Waals surface area contributed by atoms with Crippen LogP contribution in [0.15, 0.2) is 23.2 Å². The SMILES string of the molecule is CCNC(=NCC(O)c1cc(OC)cc(OC)c1)N(C)CC(=O)NC(C)(C)C.I. The third-order valence-electron chi connectivity index (χ3n) is 3.76. The Morgan fingerprint density at radius 1 is 1.21 bits per heavy atom. The molecular weight excluding hydrogens is 487 g/mol. The normalized spacial score (nSPS) is 12.5. The maximum absolute atomic E-state index is 12.2. The molecule has 0 aliphatic carbocycles. The molecule has 1 atom stereocenters. The summed E-state index contributed by atoms with van der Waals surface area (Å²) in [5.74, 6) is 1.64. The number of hydrogen-bond acceptors (Lipinski definition) is 5. The van der Waals surface area contributed by atoms with Gasteiger partial charge in [0.2, 0.25) is 5.91 Å². The number of halogens is 1. The van der Waals surface area contributed by atoms with E-state index in [9.17, 15) is 9.90 Å². The number of aliphatic imine (C=N–C) groups is 1. The molecule has 0 radical (unpaired) electrons. The molecule has 0 aromatic heterocycles. The molecule has 166 valence electrons. The van der Waals surface area contributed by atoms with Crippen molar-refractivity contribution in [2.24, 2.45) is 4.99 Å². The van der Waals surface area contributed by atoms with Crippen molar-refractivity contribution in [3.63, 3.8) is 0 Å². The molecule has 1 aromatic rings. The second kappa shape index (κ2) is 12.7. The first kappa shape index (κ1) is 27.2. The van der Waals surface area contributed by atoms with Gasteiger partial charge in [-0.15, -0.1) is 24.0 Å². The summed E-state index contributed by atoms with van der Waals surface area (Å²) in [5.41, 5.74) is 0.346. The maximum Gasteiger partial charge on any atom is 0.240 e. The quantitative estimate of drug-likeness (QED) is 0.275. The first-order valence-electron chi connectivity index (χ1n) is 9.31. The number of methoxy groups -OCH3 is 2. The summed E-state index contributed by atoms with van der Waals surface area (Å²) >= 11 is 0. The molecule has 0 saturated carbocycles. The van der Waals surface area contributed by atoms with Gasteiger partial charge in [0.25, 0.3) is 0 Å². The summed E-state index contributed by atoms with van der Waals surface area (Å²) in [7, 11) is 4.90. The fourth-order valence-corrected chi connectivity index (χ4v) is 2.52. The van der Waals surface area contributed by atoms with E-state index >= 15 is 0 Å². The lowest BCUT2D eigenvalue weighted by molar-refractivity contribution is -0.122. The van der Waals surface area contributed by atoms with E-state index in [1.165, 1.54) is 0 Å². The van der Waals surface area contributed by atoms with Crippen LogP contribution in [-0.4, -0.2) is 68.3 Å². The number of hydrogen-bond donors (Lipinski definition) is 3. The van der Waals surface area contributed by atoms with Crippen LogP contribution in [0.1, 0.15) is 39.4 Å². The van der Waals surface area contributed by atoms with E-state index < -0.39 is 6.10 Å². The van der Waals surface area contributed by atoms with E-state index in [0.29, 0.717) is 29.6 Å². The molecule has 9 heteroatoms. The van der Waals surface area contributed by atoms with Gasteiger partial charge in [0.15, 0.2) is 5.96 Å². The number of amides is 1. The van der Waals surface area contributed by atoms with Gasteiger partial charge < -0.3 is 30.1 Å². The monoisotopic (exact) mass is 522 g/mol. The summed E-state index contributed by atoms with van der Waals surface area (Å²) in [6.45, 7) is 8.68. The zero-order valence-corrected chi connectivity index (χ0v) is 20.7. The van der Waals surface area contributed by atoms with Gasteiger partial charge in [-0.3, -0.25) is 9.79 Å². The standard InChI is InChI=1S/C20H34N4O4.HI/c1-8-21-19(24(5)13-18(26)23-20(2,3)4)22-12-17(25)14-9-15(27-6)11-16(10-14)28-7;/h9-11,17,25H,8,12-13H2,1-7H3,(H,21,22)(H,23,26);1H. The van der Waals surface area contributed by atoms with Crippen LogP contribution in [0, 0.1) is 0 Å². The molecule has 0 spiro atoms. The lowest BCUT2D eigenvalue weighted by atomic mass is 10.1. The smallest absolute Gasteiger partial charge is 0.240 e. The number of nitrogens with zero attached hydrogens (tertiary/aromatic N) is 2. The number of aliphatic hydroxyl groups is 1. The van der Waals surface area contributed by atoms with Gasteiger partial charge in [0.05, 0.1) is 33.4 Å². The van der Waals surface area contributed by atoms with Crippen molar-refractivity contribution in [3.05, 3.63) is 23.8 Å². The molecule has 1 unspecified atom stereocenters. The molecule has 3 N–H and O–H groups in total. The number of aliphatic hydroxyl groups excluding tert-OH is 1. The molecule has 0 fully saturated rings. The van der Waals surface area contributed by atoms with E-state index in [1.54, 1.807) is 44.4 Å². The molecule has 1 aromatic carbocycles. The molecule has 0 aliphatic rings. The van der Waals surface area contributed by atoms with Crippen molar-refractivity contribution in [1.82, 2.24) is 15.5 Å². The van der Waals surface area contributed by atoms with Crippen LogP contribution >= 0.6 is 24.0 Å². The summed E-state index contributed by atoms with van der Waals surface area (Å²) < 4.78 is 10.5. The number of likely N-dealkylation sites (N-methyl/N-ethyl adjacent to an activating group) is 1. The molecule has 0 aliphatic heterocycles. The molecule has 0 heterocycles. The van der Waals surface area contributed by atoms with Crippen LogP contribution in [0.5, 0.6) is 11.5 Å². The summed E-state index contributed by atoms with van der Waals surface area (Å²) in [4.78, 5) is 18.4. The largest absolute Gasteiger partial charge is 0.497 e. The van der Waals surface area contributed by atoms with Crippen molar-refractivity contribution in [2.75, 3.05) is 40.9 Å². The van der Waals surface area contributed by atoms with E-state index in [4.69, 9.17) is 9.47 Å². The Morgan fingerprint density at radius 3 is 2.21 bits per heavy atom. The Morgan fingerprint density at radius 2 is 1.76 bits per heavy atom. The topological polar surface area (TPSA) is 95.4 Å². The summed E-state index contributed by atoms with van der Waals surface area (Å²) in [6, 6.07) is 5.23. The minimum Gasteiger partial charge on any atom is -0.497 e. The van der Waals surface area contributed by atoms with Gasteiger partial charge in [-0.1, -0.05) is 0 Å². The van der Waals surface area contributed by atoms with Crippen LogP contribution in [0.2, 0.25) is 0 Å². The number of benzene rings is 1. The molecule has 0 bridgehead atoms. The Hall–Kier alpha value is -1.75. The van der Waals surface area contributed by atoms with Crippen molar-refractivity contribution < 1.29 is 19.4 Å². The first-order valence-corrected chi connectivity index (χ1v) is 9.31. The highest BCUT2D eigenvalue weighted by atomic mass is 127. The van der Waals surface area contributed by atoms with E-state index in [-0.39, 0.29) is 48.5 Å². The molecule has 8 nitrogen and oxygen atoms in total. The highest BCUT2D eigenvalue weighted by Crippen LogP contribution is 2.26. The zero-order valence-electron chi connectivity index (χ0n) is 18.4. The van der Waals surface area contributed by atoms with Crippen LogP contribution in [0.4, 0.5) is 0 Å². The van der Waals surface area contributed by atoms with Gasteiger partial charge in [-0.25, -0.2) is 0 Å². The summed E-state index contributed by atoms with van der Waals surface area (Å²) in [6.07, 6.45) is -0.838. The first-order chi connectivity index (χ1) is 13.1. The van der Waals surface area contributed by atoms with Gasteiger partial charge in [-0.05, 0) is 45.4 Å². The zero-order chi connectivity index (χ0) is 21.3. The van der Waals surface area contributed by atoms with E-state index in [0.717, 1.165) is 0 Å². The fourth-order valence-electron chi connectivity index (χ4n) is 2.52. The molecule has 0 saturated heterocycles. The van der Waals surface area contributed by atoms with Crippen LogP contribution in [-0.2, 0) is 4.79 Å². The van der Waals surface area contributed by atoms with Gasteiger partial charge >= 0.3 is 0 Å². The predicted octanol–water partition coefficient (Wildman–Crippen LogP) is 2.17. The fraction of sp³-hybridized carbons (Fsp3) is 0.600. The Kier molecular flexibility index (Phi) is 12.0. The second-order valence-corrected chi connectivity index (χ2v) is 7.51. The minimum absolute atomic E-state index is 0. The number of rotatable bonds is 8. The molecule has 1 amide bonds. The molecule has 29 heavy (non-hydrogen) atoms. The van der Waals surface area contributed by atoms with E-state index in [1.807, 2.05) is 27.7 Å². The van der Waals surface area contributed by atoms with Crippen molar-refractivity contribution in [1.29, 1.82) is 0 Å². The average molecular weight is 522 g/mol. The van der Waals surface area contributed by atoms with Crippen molar-refractivity contribution in [3.8, 4) is 11.5 Å². The molecule has 1 rings (SSSR count). The number of carbonyl (C=O) groups excluding carboxylic acids is 1. The highest BCUT2D eigenvalue weighted by molar-refractivity contribution is 14.0. The number of guanidine groups is 1. The van der Waals surface area contributed by atoms with Crippen LogP contribution in [0.25, 0.3) is 0 Å². The number of ether oxygens (including phenoxy) is 2. The Labute approximate surface area is 191 Å².